The van der Waals surface area contributed by atoms with Crippen LogP contribution in [0.1, 0.15) is 12.0 Å². The number of carboxylic acid groups (broad SMARTS) is 1. The van der Waals surface area contributed by atoms with Gasteiger partial charge >= 0.3 is 5.97 Å². The molecule has 0 aliphatic rings. The third-order valence-corrected chi connectivity index (χ3v) is 2.44. The first-order chi connectivity index (χ1) is 9.25. The fourth-order valence-corrected chi connectivity index (χ4v) is 1.59. The third-order valence-electron chi connectivity index (χ3n) is 2.44. The van der Waals surface area contributed by atoms with E-state index in [9.17, 15) is 4.79 Å². The van der Waals surface area contributed by atoms with Crippen molar-refractivity contribution in [2.45, 2.75) is 6.42 Å². The van der Waals surface area contributed by atoms with Gasteiger partial charge in [0.2, 0.25) is 0 Å². The van der Waals surface area contributed by atoms with E-state index in [0.29, 0.717) is 0 Å². The first kappa shape index (κ1) is 12.7. The highest BCUT2D eigenvalue weighted by Crippen LogP contribution is 2.19. The number of hydrogen-bond acceptors (Lipinski definition) is 2. The maximum absolute atomic E-state index is 10.4. The Hall–Kier alpha value is -2.73. The van der Waals surface area contributed by atoms with Crippen LogP contribution in [-0.2, 0) is 4.79 Å². The lowest BCUT2D eigenvalue weighted by Gasteiger charge is -2.08. The summed E-state index contributed by atoms with van der Waals surface area (Å²) in [6.07, 6.45) is -0.153. The summed E-state index contributed by atoms with van der Waals surface area (Å²) >= 11 is 0. The first-order valence-corrected chi connectivity index (χ1v) is 5.87. The number of hydrogen-bond donors (Lipinski definition) is 2. The van der Waals surface area contributed by atoms with Gasteiger partial charge in [0.15, 0.2) is 0 Å². The molecule has 0 unspecified atom stereocenters. The van der Waals surface area contributed by atoms with Gasteiger partial charge in [-0.05, 0) is 24.3 Å². The number of carboxylic acids is 1. The summed E-state index contributed by atoms with van der Waals surface area (Å²) in [7, 11) is 0. The monoisotopic (exact) mass is 251 g/mol. The van der Waals surface area contributed by atoms with Crippen LogP contribution in [0.3, 0.4) is 0 Å². The van der Waals surface area contributed by atoms with Gasteiger partial charge in [0, 0.05) is 11.3 Å². The van der Waals surface area contributed by atoms with E-state index in [1.54, 1.807) is 0 Å². The number of benzene rings is 2. The van der Waals surface area contributed by atoms with Crippen molar-refractivity contribution < 1.29 is 9.90 Å². The van der Waals surface area contributed by atoms with Crippen LogP contribution >= 0.6 is 0 Å². The molecular formula is C16H13NO2. The molecule has 2 N–H and O–H groups in total. The van der Waals surface area contributed by atoms with Gasteiger partial charge in [-0.1, -0.05) is 42.2 Å². The molecule has 3 nitrogen and oxygen atoms in total. The van der Waals surface area contributed by atoms with Crippen LogP contribution in [0, 0.1) is 11.8 Å². The fraction of sp³-hybridized carbons (Fsp3) is 0.0625. The molecule has 2 aromatic rings. The van der Waals surface area contributed by atoms with E-state index in [0.717, 1.165) is 16.9 Å². The van der Waals surface area contributed by atoms with Crippen molar-refractivity contribution in [1.29, 1.82) is 0 Å². The highest BCUT2D eigenvalue weighted by Gasteiger charge is 1.99. The predicted molar refractivity (Wildman–Crippen MR) is 75.3 cm³/mol. The largest absolute Gasteiger partial charge is 0.481 e. The van der Waals surface area contributed by atoms with E-state index in [-0.39, 0.29) is 6.42 Å². The van der Waals surface area contributed by atoms with E-state index in [2.05, 4.69) is 17.2 Å². The third kappa shape index (κ3) is 3.90. The summed E-state index contributed by atoms with van der Waals surface area (Å²) in [4.78, 5) is 10.4. The van der Waals surface area contributed by atoms with Gasteiger partial charge in [-0.2, -0.15) is 0 Å². The van der Waals surface area contributed by atoms with Gasteiger partial charge in [-0.15, -0.1) is 0 Å². The molecule has 0 saturated carbocycles. The second-order valence-electron chi connectivity index (χ2n) is 3.91. The van der Waals surface area contributed by atoms with Gasteiger partial charge in [0.1, 0.15) is 6.42 Å². The summed E-state index contributed by atoms with van der Waals surface area (Å²) in [5, 5.41) is 11.8. The Bertz CT molecular complexity index is 624. The summed E-state index contributed by atoms with van der Waals surface area (Å²) < 4.78 is 0. The van der Waals surface area contributed by atoms with E-state index in [4.69, 9.17) is 5.11 Å². The minimum absolute atomic E-state index is 0.153. The SMILES string of the molecule is O=C(O)CC#Cc1ccccc1Nc1ccccc1. The summed E-state index contributed by atoms with van der Waals surface area (Å²) in [5.74, 6) is 4.59. The van der Waals surface area contributed by atoms with Crippen LogP contribution in [0.4, 0.5) is 11.4 Å². The number of para-hydroxylation sites is 2. The lowest BCUT2D eigenvalue weighted by molar-refractivity contribution is -0.135. The molecule has 0 aliphatic heterocycles. The number of aliphatic carboxylic acids is 1. The van der Waals surface area contributed by atoms with Crippen molar-refractivity contribution in [2.24, 2.45) is 0 Å². The Morgan fingerprint density at radius 3 is 2.47 bits per heavy atom. The molecule has 0 bridgehead atoms. The average Bonchev–Trinajstić information content (AvgIpc) is 2.41. The number of rotatable bonds is 3. The normalized spacial score (nSPS) is 9.26. The summed E-state index contributed by atoms with van der Waals surface area (Å²) in [6, 6.07) is 17.3. The van der Waals surface area contributed by atoms with Crippen LogP contribution in [0.15, 0.2) is 54.6 Å². The van der Waals surface area contributed by atoms with Crippen molar-refractivity contribution in [1.82, 2.24) is 0 Å². The number of carbonyl (C=O) groups is 1. The smallest absolute Gasteiger partial charge is 0.315 e. The molecule has 0 heterocycles. The number of anilines is 2. The quantitative estimate of drug-likeness (QED) is 0.823. The molecule has 0 spiro atoms. The molecule has 0 radical (unpaired) electrons. The fourth-order valence-electron chi connectivity index (χ4n) is 1.59. The molecule has 0 aliphatic carbocycles. The first-order valence-electron chi connectivity index (χ1n) is 5.87. The van der Waals surface area contributed by atoms with Crippen LogP contribution in [-0.4, -0.2) is 11.1 Å². The van der Waals surface area contributed by atoms with Gasteiger partial charge < -0.3 is 10.4 Å². The number of nitrogens with one attached hydrogen (secondary N) is 1. The van der Waals surface area contributed by atoms with Gasteiger partial charge in [-0.25, -0.2) is 0 Å². The van der Waals surface area contributed by atoms with Crippen LogP contribution in [0.25, 0.3) is 0 Å². The van der Waals surface area contributed by atoms with Crippen molar-refractivity contribution in [3.05, 3.63) is 60.2 Å². The standard InChI is InChI=1S/C16H13NO2/c18-16(19)12-6-8-13-7-4-5-11-15(13)17-14-9-2-1-3-10-14/h1-5,7,9-11,17H,12H2,(H,18,19). The zero-order valence-electron chi connectivity index (χ0n) is 10.3. The predicted octanol–water partition coefficient (Wildman–Crippen LogP) is 3.26. The van der Waals surface area contributed by atoms with Crippen molar-refractivity contribution in [3.8, 4) is 11.8 Å². The van der Waals surface area contributed by atoms with Crippen molar-refractivity contribution in [3.63, 3.8) is 0 Å². The van der Waals surface area contributed by atoms with Gasteiger partial charge in [0.25, 0.3) is 0 Å². The minimum atomic E-state index is -0.916. The topological polar surface area (TPSA) is 49.3 Å². The molecule has 0 atom stereocenters. The maximum Gasteiger partial charge on any atom is 0.315 e. The Morgan fingerprint density at radius 1 is 1.05 bits per heavy atom. The van der Waals surface area contributed by atoms with E-state index < -0.39 is 5.97 Å². The van der Waals surface area contributed by atoms with E-state index in [1.807, 2.05) is 54.6 Å². The van der Waals surface area contributed by atoms with Crippen LogP contribution in [0.2, 0.25) is 0 Å². The van der Waals surface area contributed by atoms with Crippen molar-refractivity contribution in [2.75, 3.05) is 5.32 Å². The molecule has 0 saturated heterocycles. The Balaban J connectivity index is 2.21. The van der Waals surface area contributed by atoms with Crippen LogP contribution < -0.4 is 5.32 Å². The van der Waals surface area contributed by atoms with Gasteiger partial charge in [0.05, 0.1) is 5.69 Å². The Kier molecular flexibility index (Phi) is 4.20. The molecule has 0 amide bonds. The molecule has 19 heavy (non-hydrogen) atoms. The zero-order valence-corrected chi connectivity index (χ0v) is 10.3. The average molecular weight is 251 g/mol. The maximum atomic E-state index is 10.4. The molecule has 0 fully saturated rings. The Morgan fingerprint density at radius 2 is 1.74 bits per heavy atom. The van der Waals surface area contributed by atoms with Crippen molar-refractivity contribution >= 4 is 17.3 Å². The zero-order chi connectivity index (χ0) is 13.5. The highest BCUT2D eigenvalue weighted by atomic mass is 16.4. The molecule has 2 aromatic carbocycles. The summed E-state index contributed by atoms with van der Waals surface area (Å²) in [5.41, 5.74) is 2.62. The molecule has 94 valence electrons. The molecule has 0 aromatic heterocycles. The second-order valence-corrected chi connectivity index (χ2v) is 3.91. The molecular weight excluding hydrogens is 238 g/mol. The summed E-state index contributed by atoms with van der Waals surface area (Å²) in [6.45, 7) is 0. The van der Waals surface area contributed by atoms with E-state index in [1.165, 1.54) is 0 Å². The van der Waals surface area contributed by atoms with Crippen LogP contribution in [0.5, 0.6) is 0 Å². The minimum Gasteiger partial charge on any atom is -0.481 e. The van der Waals surface area contributed by atoms with E-state index >= 15 is 0 Å². The lowest BCUT2D eigenvalue weighted by atomic mass is 10.1. The highest BCUT2D eigenvalue weighted by molar-refractivity contribution is 5.71. The lowest BCUT2D eigenvalue weighted by Crippen LogP contribution is -1.93. The second kappa shape index (κ2) is 6.27. The molecule has 3 heteroatoms. The molecule has 2 rings (SSSR count). The Labute approximate surface area is 111 Å². The van der Waals surface area contributed by atoms with Gasteiger partial charge in [-0.3, -0.25) is 4.79 Å².